The highest BCUT2D eigenvalue weighted by atomic mass is 16.2. The molecule has 1 aromatic carbocycles. The fraction of sp³-hybridized carbons (Fsp3) is 0.619. The lowest BCUT2D eigenvalue weighted by Crippen LogP contribution is -2.52. The number of rotatable bonds is 5. The Morgan fingerprint density at radius 2 is 1.65 bits per heavy atom. The molecule has 0 radical (unpaired) electrons. The first kappa shape index (κ1) is 20.4. The van der Waals surface area contributed by atoms with Gasteiger partial charge in [0.1, 0.15) is 6.04 Å². The summed E-state index contributed by atoms with van der Waals surface area (Å²) in [5.74, 6) is -0.205. The molecular weight excluding hydrogens is 326 g/mol. The predicted octanol–water partition coefficient (Wildman–Crippen LogP) is 2.88. The first-order valence-electron chi connectivity index (χ1n) is 9.59. The molecule has 0 aliphatic carbocycles. The number of amides is 2. The van der Waals surface area contributed by atoms with Crippen LogP contribution in [0.3, 0.4) is 0 Å². The van der Waals surface area contributed by atoms with Gasteiger partial charge in [-0.25, -0.2) is 0 Å². The molecule has 5 heteroatoms. The first-order chi connectivity index (χ1) is 12.2. The van der Waals surface area contributed by atoms with Gasteiger partial charge in [0.2, 0.25) is 11.8 Å². The van der Waals surface area contributed by atoms with E-state index in [-0.39, 0.29) is 17.9 Å². The minimum absolute atomic E-state index is 0.0999. The summed E-state index contributed by atoms with van der Waals surface area (Å²) in [4.78, 5) is 26.9. The summed E-state index contributed by atoms with van der Waals surface area (Å²) in [6, 6.07) is 10.6. The number of nitrogens with zero attached hydrogens (tertiary/aromatic N) is 1. The third-order valence-corrected chi connectivity index (χ3v) is 5.13. The van der Waals surface area contributed by atoms with E-state index in [1.54, 1.807) is 6.92 Å². The molecule has 2 rings (SSSR count). The molecule has 1 aliphatic heterocycles. The fourth-order valence-electron chi connectivity index (χ4n) is 3.18. The summed E-state index contributed by atoms with van der Waals surface area (Å²) in [6.45, 7) is 11.4. The summed E-state index contributed by atoms with van der Waals surface area (Å²) in [7, 11) is 0. The van der Waals surface area contributed by atoms with Crippen LogP contribution in [-0.2, 0) is 9.59 Å². The van der Waals surface area contributed by atoms with Crippen molar-refractivity contribution < 1.29 is 9.59 Å². The van der Waals surface area contributed by atoms with Gasteiger partial charge in [-0.1, -0.05) is 51.1 Å². The average molecular weight is 360 g/mol. The molecule has 5 nitrogen and oxygen atoms in total. The van der Waals surface area contributed by atoms with Crippen molar-refractivity contribution in [2.24, 2.45) is 5.41 Å². The van der Waals surface area contributed by atoms with Gasteiger partial charge < -0.3 is 10.6 Å². The zero-order valence-electron chi connectivity index (χ0n) is 16.7. The second-order valence-corrected chi connectivity index (χ2v) is 8.35. The van der Waals surface area contributed by atoms with Gasteiger partial charge in [-0.05, 0) is 32.3 Å². The molecule has 144 valence electrons. The Hall–Kier alpha value is -1.88. The smallest absolute Gasteiger partial charge is 0.242 e. The maximum absolute atomic E-state index is 12.4. The molecule has 1 aliphatic rings. The Morgan fingerprint density at radius 1 is 1.08 bits per heavy atom. The molecular formula is C21H33N3O2. The summed E-state index contributed by atoms with van der Waals surface area (Å²) < 4.78 is 0. The third kappa shape index (κ3) is 5.56. The van der Waals surface area contributed by atoms with Crippen molar-refractivity contribution in [3.63, 3.8) is 0 Å². The number of nitrogens with one attached hydrogen (secondary N) is 2. The van der Waals surface area contributed by atoms with Crippen molar-refractivity contribution >= 4 is 11.8 Å². The van der Waals surface area contributed by atoms with E-state index in [1.807, 2.05) is 26.8 Å². The van der Waals surface area contributed by atoms with E-state index >= 15 is 0 Å². The van der Waals surface area contributed by atoms with Gasteiger partial charge >= 0.3 is 0 Å². The number of benzene rings is 1. The second kappa shape index (κ2) is 8.67. The van der Waals surface area contributed by atoms with Gasteiger partial charge in [0.25, 0.3) is 0 Å². The molecule has 1 heterocycles. The normalized spacial score (nSPS) is 18.8. The topological polar surface area (TPSA) is 61.4 Å². The number of piperidine rings is 1. The first-order valence-corrected chi connectivity index (χ1v) is 9.59. The standard InChI is InChI=1S/C21H33N3O2/c1-15(22-20(26)21(3,4)5)19(25)23-18-11-13-24(14-12-18)16(2)17-9-7-6-8-10-17/h6-10,15-16,18H,11-14H2,1-5H3,(H,22,26)(H,23,25). The highest BCUT2D eigenvalue weighted by Crippen LogP contribution is 2.24. The van der Waals surface area contributed by atoms with Crippen molar-refractivity contribution in [1.82, 2.24) is 15.5 Å². The molecule has 1 saturated heterocycles. The lowest BCUT2D eigenvalue weighted by molar-refractivity contribution is -0.133. The Kier molecular flexibility index (Phi) is 6.81. The largest absolute Gasteiger partial charge is 0.351 e. The van der Waals surface area contributed by atoms with Gasteiger partial charge in [-0.15, -0.1) is 0 Å². The van der Waals surface area contributed by atoms with E-state index in [0.29, 0.717) is 6.04 Å². The van der Waals surface area contributed by atoms with Crippen LogP contribution in [-0.4, -0.2) is 41.9 Å². The van der Waals surface area contributed by atoms with Crippen LogP contribution in [0.5, 0.6) is 0 Å². The van der Waals surface area contributed by atoms with E-state index in [9.17, 15) is 9.59 Å². The van der Waals surface area contributed by atoms with Crippen LogP contribution in [0.4, 0.5) is 0 Å². The minimum Gasteiger partial charge on any atom is -0.351 e. The summed E-state index contributed by atoms with van der Waals surface area (Å²) >= 11 is 0. The molecule has 2 N–H and O–H groups in total. The maximum atomic E-state index is 12.4. The van der Waals surface area contributed by atoms with Gasteiger partial charge in [0.15, 0.2) is 0 Å². The van der Waals surface area contributed by atoms with Crippen molar-refractivity contribution in [2.45, 2.75) is 65.6 Å². The molecule has 1 fully saturated rings. The Bertz CT molecular complexity index is 601. The molecule has 0 spiro atoms. The average Bonchev–Trinajstić information content (AvgIpc) is 2.61. The van der Waals surface area contributed by atoms with Crippen LogP contribution in [0, 0.1) is 5.41 Å². The molecule has 0 saturated carbocycles. The van der Waals surface area contributed by atoms with Crippen molar-refractivity contribution in [3.05, 3.63) is 35.9 Å². The maximum Gasteiger partial charge on any atom is 0.242 e. The molecule has 2 atom stereocenters. The number of hydrogen-bond acceptors (Lipinski definition) is 3. The fourth-order valence-corrected chi connectivity index (χ4v) is 3.18. The van der Waals surface area contributed by atoms with Crippen LogP contribution < -0.4 is 10.6 Å². The van der Waals surface area contributed by atoms with Crippen LogP contribution in [0.1, 0.15) is 59.1 Å². The SMILES string of the molecule is CC(NC(=O)C(C)(C)C)C(=O)NC1CCN(C(C)c2ccccc2)CC1. The Labute approximate surface area is 157 Å². The summed E-state index contributed by atoms with van der Waals surface area (Å²) in [5.41, 5.74) is 0.835. The van der Waals surface area contributed by atoms with Crippen LogP contribution in [0.2, 0.25) is 0 Å². The zero-order chi connectivity index (χ0) is 19.3. The monoisotopic (exact) mass is 359 g/mol. The van der Waals surface area contributed by atoms with Crippen LogP contribution >= 0.6 is 0 Å². The number of carbonyl (C=O) groups is 2. The van der Waals surface area contributed by atoms with E-state index in [1.165, 1.54) is 5.56 Å². The number of likely N-dealkylation sites (tertiary alicyclic amines) is 1. The Balaban J connectivity index is 1.79. The van der Waals surface area contributed by atoms with Gasteiger partial charge in [0, 0.05) is 30.6 Å². The van der Waals surface area contributed by atoms with E-state index in [0.717, 1.165) is 25.9 Å². The van der Waals surface area contributed by atoms with Crippen LogP contribution in [0.15, 0.2) is 30.3 Å². The van der Waals surface area contributed by atoms with E-state index in [2.05, 4.69) is 46.7 Å². The molecule has 0 aromatic heterocycles. The number of carbonyl (C=O) groups excluding carboxylic acids is 2. The van der Waals surface area contributed by atoms with Gasteiger partial charge in [-0.3, -0.25) is 14.5 Å². The molecule has 2 unspecified atom stereocenters. The van der Waals surface area contributed by atoms with Gasteiger partial charge in [0.05, 0.1) is 0 Å². The lowest BCUT2D eigenvalue weighted by Gasteiger charge is -2.36. The summed E-state index contributed by atoms with van der Waals surface area (Å²) in [6.07, 6.45) is 1.87. The molecule has 0 bridgehead atoms. The number of hydrogen-bond donors (Lipinski definition) is 2. The molecule has 26 heavy (non-hydrogen) atoms. The molecule has 2 amide bonds. The minimum atomic E-state index is -0.511. The highest BCUT2D eigenvalue weighted by Gasteiger charge is 2.28. The van der Waals surface area contributed by atoms with Crippen molar-refractivity contribution in [2.75, 3.05) is 13.1 Å². The highest BCUT2D eigenvalue weighted by molar-refractivity contribution is 5.89. The Morgan fingerprint density at radius 3 is 2.19 bits per heavy atom. The van der Waals surface area contributed by atoms with Crippen LogP contribution in [0.25, 0.3) is 0 Å². The summed E-state index contributed by atoms with van der Waals surface area (Å²) in [5, 5.41) is 5.89. The third-order valence-electron chi connectivity index (χ3n) is 5.13. The van der Waals surface area contributed by atoms with Crippen molar-refractivity contribution in [3.8, 4) is 0 Å². The lowest BCUT2D eigenvalue weighted by atomic mass is 9.95. The molecule has 1 aromatic rings. The predicted molar refractivity (Wildman–Crippen MR) is 105 cm³/mol. The van der Waals surface area contributed by atoms with Gasteiger partial charge in [-0.2, -0.15) is 0 Å². The van der Waals surface area contributed by atoms with Crippen molar-refractivity contribution in [1.29, 1.82) is 0 Å². The van der Waals surface area contributed by atoms with E-state index in [4.69, 9.17) is 0 Å². The quantitative estimate of drug-likeness (QED) is 0.850. The van der Waals surface area contributed by atoms with E-state index < -0.39 is 11.5 Å². The second-order valence-electron chi connectivity index (χ2n) is 8.35. The zero-order valence-corrected chi connectivity index (χ0v) is 16.7.